The van der Waals surface area contributed by atoms with Crippen LogP contribution in [0.2, 0.25) is 0 Å². The van der Waals surface area contributed by atoms with Gasteiger partial charge < -0.3 is 30.6 Å². The Morgan fingerprint density at radius 2 is 1.30 bits per heavy atom. The van der Waals surface area contributed by atoms with Crippen LogP contribution in [-0.4, -0.2) is 67.8 Å². The Balaban J connectivity index is 5.59. The number of aliphatic hydroxyl groups excluding tert-OH is 4. The van der Waals surface area contributed by atoms with Crippen LogP contribution in [0.1, 0.15) is 40.0 Å². The van der Waals surface area contributed by atoms with Gasteiger partial charge in [-0.2, -0.15) is 0 Å². The Hall–Kier alpha value is -0.130. The third-order valence-corrected chi connectivity index (χ3v) is 4.98. The monoisotopic (exact) mass is 362 g/mol. The van der Waals surface area contributed by atoms with Gasteiger partial charge in [-0.05, 0) is 12.8 Å². The second kappa shape index (κ2) is 9.38. The van der Waals surface area contributed by atoms with Gasteiger partial charge in [0.2, 0.25) is 5.79 Å². The third kappa shape index (κ3) is 6.02. The molecule has 0 amide bonds. The van der Waals surface area contributed by atoms with E-state index in [1.54, 1.807) is 13.8 Å². The van der Waals surface area contributed by atoms with Gasteiger partial charge in [0.1, 0.15) is 5.60 Å². The molecule has 0 radical (unpaired) electrons. The number of hydrogen-bond acceptors (Lipinski definition) is 10. The number of hydrogen-bond donors (Lipinski definition) is 6. The fourth-order valence-corrected chi connectivity index (χ4v) is 3.43. The van der Waals surface area contributed by atoms with Crippen molar-refractivity contribution in [1.82, 2.24) is 0 Å². The summed E-state index contributed by atoms with van der Waals surface area (Å²) < 4.78 is 26.5. The summed E-state index contributed by atoms with van der Waals surface area (Å²) in [6.45, 7) is 2.62. The van der Waals surface area contributed by atoms with E-state index in [9.17, 15) is 25.0 Å². The first-order valence-corrected chi connectivity index (χ1v) is 8.71. The van der Waals surface area contributed by atoms with E-state index >= 15 is 0 Å². The van der Waals surface area contributed by atoms with Crippen LogP contribution in [0.15, 0.2) is 0 Å². The zero-order valence-corrected chi connectivity index (χ0v) is 14.3. The first kappa shape index (κ1) is 22.9. The van der Waals surface area contributed by atoms with Crippen molar-refractivity contribution in [2.24, 2.45) is 0 Å². The summed E-state index contributed by atoms with van der Waals surface area (Å²) >= 11 is 0. The number of phosphoric acid groups is 1. The molecule has 0 saturated carbocycles. The van der Waals surface area contributed by atoms with E-state index in [4.69, 9.17) is 14.7 Å². The molecule has 10 nitrogen and oxygen atoms in total. The molecule has 0 aliphatic rings. The lowest BCUT2D eigenvalue weighted by atomic mass is 9.86. The molecule has 0 aliphatic carbocycles. The molecule has 0 aromatic rings. The van der Waals surface area contributed by atoms with Gasteiger partial charge in [-0.3, -0.25) is 13.6 Å². The van der Waals surface area contributed by atoms with E-state index in [0.717, 1.165) is 0 Å². The minimum atomic E-state index is -4.86. The molecular formula is C12H27O10P. The zero-order valence-electron chi connectivity index (χ0n) is 13.5. The standard InChI is InChI=1S/C12H27O10P/c1-4-11(17,5-2)12(18,6-3)22-23(19,20-9(15)7-13)21-10(16)8-14/h9-10,13-18H,4-8H2,1-3H3. The summed E-state index contributed by atoms with van der Waals surface area (Å²) in [4.78, 5) is 0. The highest BCUT2D eigenvalue weighted by molar-refractivity contribution is 7.48. The average molecular weight is 362 g/mol. The summed E-state index contributed by atoms with van der Waals surface area (Å²) in [5, 5.41) is 57.1. The van der Waals surface area contributed by atoms with E-state index < -0.39 is 45.0 Å². The largest absolute Gasteiger partial charge is 0.482 e. The second-order valence-electron chi connectivity index (χ2n) is 4.90. The van der Waals surface area contributed by atoms with Crippen LogP contribution in [0.4, 0.5) is 0 Å². The highest BCUT2D eigenvalue weighted by Crippen LogP contribution is 2.56. The molecule has 0 bridgehead atoms. The molecule has 0 spiro atoms. The summed E-state index contributed by atoms with van der Waals surface area (Å²) in [5.74, 6) is -2.39. The van der Waals surface area contributed by atoms with Crippen molar-refractivity contribution in [2.45, 2.75) is 64.0 Å². The van der Waals surface area contributed by atoms with Gasteiger partial charge in [0.15, 0.2) is 12.6 Å². The van der Waals surface area contributed by atoms with Crippen LogP contribution < -0.4 is 0 Å². The lowest BCUT2D eigenvalue weighted by Crippen LogP contribution is -2.55. The van der Waals surface area contributed by atoms with Crippen LogP contribution in [-0.2, 0) is 18.1 Å². The first-order chi connectivity index (χ1) is 10.5. The normalized spacial score (nSPS) is 20.6. The molecule has 3 unspecified atom stereocenters. The maximum Gasteiger partial charge on any atom is 0.482 e. The summed E-state index contributed by atoms with van der Waals surface area (Å²) in [6.07, 6.45) is -4.17. The Bertz CT molecular complexity index is 372. The minimum Gasteiger partial charge on any atom is -0.391 e. The lowest BCUT2D eigenvalue weighted by Gasteiger charge is -2.42. The number of phosphoric ester groups is 1. The van der Waals surface area contributed by atoms with Crippen molar-refractivity contribution in [3.05, 3.63) is 0 Å². The van der Waals surface area contributed by atoms with Crippen molar-refractivity contribution < 1.29 is 48.8 Å². The predicted molar refractivity (Wildman–Crippen MR) is 77.8 cm³/mol. The zero-order chi connectivity index (χ0) is 18.3. The van der Waals surface area contributed by atoms with Crippen molar-refractivity contribution in [3.8, 4) is 0 Å². The highest BCUT2D eigenvalue weighted by Gasteiger charge is 2.53. The lowest BCUT2D eigenvalue weighted by molar-refractivity contribution is -0.275. The quantitative estimate of drug-likeness (QED) is 0.195. The third-order valence-electron chi connectivity index (χ3n) is 3.45. The fourth-order valence-electron chi connectivity index (χ4n) is 1.90. The highest BCUT2D eigenvalue weighted by atomic mass is 31.2. The van der Waals surface area contributed by atoms with Gasteiger partial charge in [-0.25, -0.2) is 4.57 Å². The summed E-state index contributed by atoms with van der Waals surface area (Å²) in [6, 6.07) is 0. The summed E-state index contributed by atoms with van der Waals surface area (Å²) in [5.41, 5.74) is -1.82. The molecule has 3 atom stereocenters. The molecular weight excluding hydrogens is 335 g/mol. The van der Waals surface area contributed by atoms with E-state index in [1.165, 1.54) is 6.92 Å². The van der Waals surface area contributed by atoms with Gasteiger partial charge in [0.25, 0.3) is 0 Å². The number of aliphatic hydroxyl groups is 6. The number of rotatable bonds is 12. The molecule has 0 aromatic heterocycles. The maximum absolute atomic E-state index is 12.5. The Morgan fingerprint density at radius 3 is 1.57 bits per heavy atom. The van der Waals surface area contributed by atoms with Gasteiger partial charge in [0, 0.05) is 6.42 Å². The van der Waals surface area contributed by atoms with Crippen LogP contribution in [0.3, 0.4) is 0 Å². The van der Waals surface area contributed by atoms with Crippen LogP contribution in [0.25, 0.3) is 0 Å². The van der Waals surface area contributed by atoms with E-state index in [1.807, 2.05) is 0 Å². The molecule has 0 rings (SSSR count). The molecule has 0 heterocycles. The second-order valence-corrected chi connectivity index (χ2v) is 6.40. The van der Waals surface area contributed by atoms with Gasteiger partial charge in [-0.15, -0.1) is 0 Å². The Kier molecular flexibility index (Phi) is 9.33. The maximum atomic E-state index is 12.5. The average Bonchev–Trinajstić information content (AvgIpc) is 2.52. The molecule has 6 N–H and O–H groups in total. The van der Waals surface area contributed by atoms with Crippen molar-refractivity contribution in [3.63, 3.8) is 0 Å². The fraction of sp³-hybridized carbons (Fsp3) is 1.00. The molecule has 0 aliphatic heterocycles. The Morgan fingerprint density at radius 1 is 0.913 bits per heavy atom. The molecule has 23 heavy (non-hydrogen) atoms. The molecule has 0 fully saturated rings. The van der Waals surface area contributed by atoms with E-state index in [2.05, 4.69) is 9.05 Å². The van der Waals surface area contributed by atoms with E-state index in [0.29, 0.717) is 0 Å². The first-order valence-electron chi connectivity index (χ1n) is 7.25. The SMILES string of the molecule is CCC(O)(CC)C(O)(CC)OP(=O)(OC(O)CO)OC(O)CO. The minimum absolute atomic E-state index is 0.0267. The van der Waals surface area contributed by atoms with Gasteiger partial charge in [0.05, 0.1) is 13.2 Å². The topological polar surface area (TPSA) is 166 Å². The van der Waals surface area contributed by atoms with Crippen molar-refractivity contribution in [1.29, 1.82) is 0 Å². The Labute approximate surface area is 134 Å². The molecule has 0 aromatic carbocycles. The van der Waals surface area contributed by atoms with Crippen molar-refractivity contribution >= 4 is 7.82 Å². The van der Waals surface area contributed by atoms with Crippen molar-refractivity contribution in [2.75, 3.05) is 13.2 Å². The van der Waals surface area contributed by atoms with Crippen LogP contribution in [0.5, 0.6) is 0 Å². The van der Waals surface area contributed by atoms with Crippen LogP contribution >= 0.6 is 7.82 Å². The van der Waals surface area contributed by atoms with Gasteiger partial charge >= 0.3 is 7.82 Å². The van der Waals surface area contributed by atoms with E-state index in [-0.39, 0.29) is 19.3 Å². The predicted octanol–water partition coefficient (Wildman–Crippen LogP) is -0.585. The molecule has 140 valence electrons. The summed E-state index contributed by atoms with van der Waals surface area (Å²) in [7, 11) is -4.86. The van der Waals surface area contributed by atoms with Gasteiger partial charge in [-0.1, -0.05) is 20.8 Å². The smallest absolute Gasteiger partial charge is 0.391 e. The molecule has 11 heteroatoms. The molecule has 0 saturated heterocycles. The van der Waals surface area contributed by atoms with Crippen LogP contribution in [0, 0.1) is 0 Å².